The van der Waals surface area contributed by atoms with Gasteiger partial charge in [-0.1, -0.05) is 30.3 Å². The molecule has 228 valence electrons. The molecular weight excluding hydrogens is 562 g/mol. The van der Waals surface area contributed by atoms with Gasteiger partial charge < -0.3 is 15.0 Å². The van der Waals surface area contributed by atoms with Gasteiger partial charge in [-0.2, -0.15) is 26.3 Å². The van der Waals surface area contributed by atoms with Crippen LogP contribution in [0, 0.1) is 5.41 Å². The third-order valence-electron chi connectivity index (χ3n) is 9.48. The number of benzene rings is 2. The predicted molar refractivity (Wildman–Crippen MR) is 142 cm³/mol. The molecule has 1 N–H and O–H groups in total. The maximum absolute atomic E-state index is 13.5. The first-order valence-electron chi connectivity index (χ1n) is 14.2. The first-order chi connectivity index (χ1) is 19.7. The Morgan fingerprint density at radius 1 is 0.929 bits per heavy atom. The molecular formula is C31H34F6N2O3. The Balaban J connectivity index is 1.33. The summed E-state index contributed by atoms with van der Waals surface area (Å²) in [4.78, 5) is 28.3. The minimum atomic E-state index is -5.00. The maximum Gasteiger partial charge on any atom is 0.416 e. The molecule has 0 aromatic heterocycles. The Morgan fingerprint density at radius 2 is 1.50 bits per heavy atom. The molecule has 0 radical (unpaired) electrons. The van der Waals surface area contributed by atoms with Crippen molar-refractivity contribution in [2.75, 3.05) is 26.3 Å². The van der Waals surface area contributed by atoms with E-state index in [0.29, 0.717) is 31.6 Å². The van der Waals surface area contributed by atoms with Gasteiger partial charge in [0.15, 0.2) is 5.78 Å². The molecule has 3 aliphatic rings. The number of nitrogens with one attached hydrogen (secondary N) is 1. The second-order valence-corrected chi connectivity index (χ2v) is 12.0. The van der Waals surface area contributed by atoms with Crippen LogP contribution >= 0.6 is 0 Å². The topological polar surface area (TPSA) is 58.6 Å². The third kappa shape index (κ3) is 6.08. The Hall–Kier alpha value is -2.92. The SMILES string of the molecule is CC(C(=O)NC1(c2ccccc2)CCC(N2CCC3(CC2)COCC3=O)CC1)c1cc(C(F)(F)F)cc(C(F)(F)F)c1. The molecule has 42 heavy (non-hydrogen) atoms. The first kappa shape index (κ1) is 30.5. The number of halogens is 6. The molecule has 5 rings (SSSR count). The van der Waals surface area contributed by atoms with E-state index in [4.69, 9.17) is 4.74 Å². The zero-order valence-corrected chi connectivity index (χ0v) is 23.3. The number of ketones is 1. The average molecular weight is 597 g/mol. The normalized spacial score (nSPS) is 25.9. The van der Waals surface area contributed by atoms with E-state index >= 15 is 0 Å². The van der Waals surface area contributed by atoms with Crippen LogP contribution in [0.2, 0.25) is 0 Å². The molecule has 1 spiro atoms. The number of nitrogens with zero attached hydrogens (tertiary/aromatic N) is 1. The number of rotatable bonds is 5. The van der Waals surface area contributed by atoms with Gasteiger partial charge in [0.25, 0.3) is 0 Å². The minimum Gasteiger partial charge on any atom is -0.373 e. The summed E-state index contributed by atoms with van der Waals surface area (Å²) in [5.74, 6) is -1.71. The fraction of sp³-hybridized carbons (Fsp3) is 0.548. The number of hydrogen-bond acceptors (Lipinski definition) is 4. The standard InChI is InChI=1S/C31H34F6N2O3/c1-20(21-15-23(30(32,33)34)17-24(16-21)31(35,36)37)27(41)38-29(22-5-3-2-4-6-22)9-7-25(8-10-29)39-13-11-28(12-14-39)19-42-18-26(28)40/h2-6,15-17,20,25H,7-14,18-19H2,1H3,(H,38,41). The lowest BCUT2D eigenvalue weighted by Crippen LogP contribution is -2.54. The molecule has 1 atom stereocenters. The number of Topliss-reactive ketones (excluding diaryl/α,β-unsaturated/α-hetero) is 1. The van der Waals surface area contributed by atoms with Crippen LogP contribution in [-0.4, -0.2) is 48.9 Å². The van der Waals surface area contributed by atoms with Crippen LogP contribution in [0.1, 0.15) is 73.6 Å². The van der Waals surface area contributed by atoms with Crippen molar-refractivity contribution in [3.63, 3.8) is 0 Å². The van der Waals surface area contributed by atoms with Crippen molar-refractivity contribution in [1.29, 1.82) is 0 Å². The van der Waals surface area contributed by atoms with E-state index in [0.717, 1.165) is 44.3 Å². The average Bonchev–Trinajstić information content (AvgIpc) is 3.31. The summed E-state index contributed by atoms with van der Waals surface area (Å²) in [7, 11) is 0. The Labute approximate surface area is 240 Å². The summed E-state index contributed by atoms with van der Waals surface area (Å²) >= 11 is 0. The van der Waals surface area contributed by atoms with Crippen LogP contribution in [0.3, 0.4) is 0 Å². The minimum absolute atomic E-state index is 0.0684. The molecule has 1 amide bonds. The molecule has 5 nitrogen and oxygen atoms in total. The van der Waals surface area contributed by atoms with Crippen LogP contribution in [0.5, 0.6) is 0 Å². The molecule has 3 fully saturated rings. The summed E-state index contributed by atoms with van der Waals surface area (Å²) in [6.07, 6.45) is -5.91. The van der Waals surface area contributed by atoms with Crippen LogP contribution in [0.4, 0.5) is 26.3 Å². The highest BCUT2D eigenvalue weighted by atomic mass is 19.4. The van der Waals surface area contributed by atoms with Crippen LogP contribution < -0.4 is 5.32 Å². The van der Waals surface area contributed by atoms with Crippen LogP contribution in [0.15, 0.2) is 48.5 Å². The maximum atomic E-state index is 13.5. The van der Waals surface area contributed by atoms with E-state index in [9.17, 15) is 35.9 Å². The summed E-state index contributed by atoms with van der Waals surface area (Å²) in [6.45, 7) is 3.53. The predicted octanol–water partition coefficient (Wildman–Crippen LogP) is 6.46. The van der Waals surface area contributed by atoms with Crippen molar-refractivity contribution in [1.82, 2.24) is 10.2 Å². The highest BCUT2D eigenvalue weighted by Gasteiger charge is 2.47. The zero-order chi connectivity index (χ0) is 30.3. The number of carbonyl (C=O) groups excluding carboxylic acids is 2. The van der Waals surface area contributed by atoms with Crippen molar-refractivity contribution in [2.45, 2.75) is 75.3 Å². The van der Waals surface area contributed by atoms with Crippen molar-refractivity contribution in [2.24, 2.45) is 5.41 Å². The molecule has 2 heterocycles. The number of likely N-dealkylation sites (tertiary alicyclic amines) is 1. The number of amides is 1. The van der Waals surface area contributed by atoms with E-state index in [1.807, 2.05) is 30.3 Å². The number of hydrogen-bond donors (Lipinski definition) is 1. The number of ether oxygens (including phenoxy) is 1. The Morgan fingerprint density at radius 3 is 2.00 bits per heavy atom. The van der Waals surface area contributed by atoms with E-state index < -0.39 is 40.8 Å². The summed E-state index contributed by atoms with van der Waals surface area (Å²) in [5.41, 5.74) is -3.59. The van der Waals surface area contributed by atoms with Gasteiger partial charge in [-0.3, -0.25) is 9.59 Å². The smallest absolute Gasteiger partial charge is 0.373 e. The van der Waals surface area contributed by atoms with Gasteiger partial charge in [0.05, 0.1) is 34.6 Å². The second kappa shape index (κ2) is 11.3. The van der Waals surface area contributed by atoms with E-state index in [2.05, 4.69) is 10.2 Å². The van der Waals surface area contributed by atoms with Gasteiger partial charge in [0, 0.05) is 6.04 Å². The number of piperidine rings is 1. The lowest BCUT2D eigenvalue weighted by atomic mass is 9.72. The molecule has 1 aliphatic carbocycles. The Kier molecular flexibility index (Phi) is 8.21. The number of carbonyl (C=O) groups is 2. The monoisotopic (exact) mass is 596 g/mol. The molecule has 0 bridgehead atoms. The van der Waals surface area contributed by atoms with Gasteiger partial charge in [0.2, 0.25) is 5.91 Å². The molecule has 1 saturated carbocycles. The molecule has 1 unspecified atom stereocenters. The van der Waals surface area contributed by atoms with Crippen molar-refractivity contribution < 1.29 is 40.7 Å². The summed E-state index contributed by atoms with van der Waals surface area (Å²) in [5, 5.41) is 3.05. The highest BCUT2D eigenvalue weighted by Crippen LogP contribution is 2.43. The van der Waals surface area contributed by atoms with Crippen molar-refractivity contribution >= 4 is 11.7 Å². The lowest BCUT2D eigenvalue weighted by molar-refractivity contribution is -0.143. The van der Waals surface area contributed by atoms with E-state index in [-0.39, 0.29) is 35.5 Å². The zero-order valence-electron chi connectivity index (χ0n) is 23.3. The van der Waals surface area contributed by atoms with E-state index in [1.165, 1.54) is 6.92 Å². The first-order valence-corrected chi connectivity index (χ1v) is 14.2. The fourth-order valence-electron chi connectivity index (χ4n) is 6.74. The lowest BCUT2D eigenvalue weighted by Gasteiger charge is -2.47. The Bertz CT molecular complexity index is 1260. The largest absolute Gasteiger partial charge is 0.416 e. The number of alkyl halides is 6. The van der Waals surface area contributed by atoms with Gasteiger partial charge in [0.1, 0.15) is 6.61 Å². The fourth-order valence-corrected chi connectivity index (χ4v) is 6.74. The second-order valence-electron chi connectivity index (χ2n) is 12.0. The third-order valence-corrected chi connectivity index (χ3v) is 9.48. The highest BCUT2D eigenvalue weighted by molar-refractivity contribution is 5.87. The molecule has 11 heteroatoms. The van der Waals surface area contributed by atoms with Crippen molar-refractivity contribution in [3.8, 4) is 0 Å². The summed E-state index contributed by atoms with van der Waals surface area (Å²) < 4.78 is 86.2. The quantitative estimate of drug-likeness (QED) is 0.403. The molecule has 2 aliphatic heterocycles. The van der Waals surface area contributed by atoms with Crippen molar-refractivity contribution in [3.05, 3.63) is 70.8 Å². The van der Waals surface area contributed by atoms with Gasteiger partial charge >= 0.3 is 12.4 Å². The van der Waals surface area contributed by atoms with Crippen LogP contribution in [-0.2, 0) is 32.2 Å². The van der Waals surface area contributed by atoms with Crippen LogP contribution in [0.25, 0.3) is 0 Å². The molecule has 2 aromatic carbocycles. The molecule has 2 saturated heterocycles. The molecule has 2 aromatic rings. The summed E-state index contributed by atoms with van der Waals surface area (Å²) in [6, 6.07) is 10.8. The van der Waals surface area contributed by atoms with E-state index in [1.54, 1.807) is 0 Å². The van der Waals surface area contributed by atoms with Gasteiger partial charge in [-0.15, -0.1) is 0 Å². The van der Waals surface area contributed by atoms with Gasteiger partial charge in [-0.05, 0) is 87.9 Å². The van der Waals surface area contributed by atoms with Gasteiger partial charge in [-0.25, -0.2) is 0 Å².